The summed E-state index contributed by atoms with van der Waals surface area (Å²) in [6.45, 7) is 0. The van der Waals surface area contributed by atoms with Crippen LogP contribution in [0.15, 0.2) is 18.2 Å². The lowest BCUT2D eigenvalue weighted by atomic mass is 10.2. The van der Waals surface area contributed by atoms with Crippen molar-refractivity contribution in [1.82, 2.24) is 0 Å². The van der Waals surface area contributed by atoms with Crippen LogP contribution in [0.1, 0.15) is 0 Å². The molecule has 1 rings (SSSR count). The zero-order chi connectivity index (χ0) is 15.7. The predicted octanol–water partition coefficient (Wildman–Crippen LogP) is 2.44. The number of aromatic hydroxyl groups is 1. The van der Waals surface area contributed by atoms with Gasteiger partial charge in [-0.2, -0.15) is 22.0 Å². The molecule has 0 radical (unpaired) electrons. The Balaban J connectivity index is 3.18. The average molecular weight is 300 g/mol. The first kappa shape index (κ1) is 15.6. The highest BCUT2D eigenvalue weighted by molar-refractivity contribution is 5.99. The highest BCUT2D eigenvalue weighted by Crippen LogP contribution is 2.39. The van der Waals surface area contributed by atoms with Crippen LogP contribution in [0, 0.1) is 10.1 Å². The molecule has 2 N–H and O–H groups in total. The van der Waals surface area contributed by atoms with Crippen LogP contribution in [0.5, 0.6) is 5.75 Å². The van der Waals surface area contributed by atoms with Crippen LogP contribution in [0.4, 0.5) is 33.3 Å². The Morgan fingerprint density at radius 1 is 1.25 bits per heavy atom. The van der Waals surface area contributed by atoms with Gasteiger partial charge in [-0.05, 0) is 6.07 Å². The highest BCUT2D eigenvalue weighted by atomic mass is 19.4. The fourth-order valence-corrected chi connectivity index (χ4v) is 1.13. The molecular formula is C9H5F5N2O4. The number of nitro groups is 1. The predicted molar refractivity (Wildman–Crippen MR) is 54.4 cm³/mol. The van der Waals surface area contributed by atoms with Gasteiger partial charge in [0.25, 0.3) is 5.69 Å². The van der Waals surface area contributed by atoms with Crippen LogP contribution in [0.3, 0.4) is 0 Å². The van der Waals surface area contributed by atoms with Crippen molar-refractivity contribution < 1.29 is 36.8 Å². The molecule has 6 nitrogen and oxygen atoms in total. The maximum absolute atomic E-state index is 12.7. The second kappa shape index (κ2) is 4.90. The van der Waals surface area contributed by atoms with Crippen LogP contribution in [-0.4, -0.2) is 28.0 Å². The number of phenolic OH excluding ortho intramolecular Hbond substituents is 1. The molecule has 0 aliphatic carbocycles. The molecule has 0 bridgehead atoms. The molecule has 1 amide bonds. The van der Waals surface area contributed by atoms with Crippen molar-refractivity contribution in [3.63, 3.8) is 0 Å². The molecule has 0 heterocycles. The number of carbonyl (C=O) groups is 1. The van der Waals surface area contributed by atoms with Crippen molar-refractivity contribution in [1.29, 1.82) is 0 Å². The minimum atomic E-state index is -6.17. The average Bonchev–Trinajstić information content (AvgIpc) is 2.29. The van der Waals surface area contributed by atoms with Crippen molar-refractivity contribution in [3.05, 3.63) is 28.3 Å². The monoisotopic (exact) mass is 300 g/mol. The van der Waals surface area contributed by atoms with Gasteiger partial charge >= 0.3 is 18.0 Å². The number of nitrogens with zero attached hydrogens (tertiary/aromatic N) is 1. The molecule has 0 aromatic heterocycles. The van der Waals surface area contributed by atoms with E-state index < -0.39 is 40.1 Å². The second-order valence-electron chi connectivity index (χ2n) is 3.45. The van der Waals surface area contributed by atoms with Crippen LogP contribution in [0.25, 0.3) is 0 Å². The van der Waals surface area contributed by atoms with E-state index in [1.807, 2.05) is 0 Å². The summed E-state index contributed by atoms with van der Waals surface area (Å²) in [5, 5.41) is 20.8. The molecule has 0 aliphatic rings. The smallest absolute Gasteiger partial charge is 0.463 e. The molecule has 1 aromatic rings. The van der Waals surface area contributed by atoms with Gasteiger partial charge in [-0.15, -0.1) is 0 Å². The molecule has 0 saturated heterocycles. The number of alkyl halides is 5. The first-order valence-corrected chi connectivity index (χ1v) is 4.71. The van der Waals surface area contributed by atoms with Gasteiger partial charge in [0, 0.05) is 6.07 Å². The van der Waals surface area contributed by atoms with E-state index in [4.69, 9.17) is 0 Å². The van der Waals surface area contributed by atoms with Gasteiger partial charge in [0.2, 0.25) is 0 Å². The van der Waals surface area contributed by atoms with Crippen LogP contribution in [0.2, 0.25) is 0 Å². The summed E-state index contributed by atoms with van der Waals surface area (Å²) < 4.78 is 61.2. The zero-order valence-corrected chi connectivity index (χ0v) is 9.24. The Labute approximate surface area is 107 Å². The van der Waals surface area contributed by atoms with Crippen molar-refractivity contribution >= 4 is 17.3 Å². The molecule has 11 heteroatoms. The first-order valence-electron chi connectivity index (χ1n) is 4.71. The number of nitrogens with one attached hydrogen (secondary N) is 1. The topological polar surface area (TPSA) is 92.5 Å². The largest absolute Gasteiger partial charge is 0.505 e. The van der Waals surface area contributed by atoms with Gasteiger partial charge in [-0.1, -0.05) is 6.07 Å². The summed E-state index contributed by atoms with van der Waals surface area (Å²) in [5.41, 5.74) is -2.18. The molecule has 0 spiro atoms. The molecule has 1 aromatic carbocycles. The Hall–Kier alpha value is -2.46. The number of benzene rings is 1. The molecule has 0 aliphatic heterocycles. The number of hydrogen-bond donors (Lipinski definition) is 2. The quantitative estimate of drug-likeness (QED) is 0.388. The van der Waals surface area contributed by atoms with Crippen molar-refractivity contribution in [2.75, 3.05) is 5.32 Å². The van der Waals surface area contributed by atoms with E-state index in [9.17, 15) is 42.0 Å². The van der Waals surface area contributed by atoms with Gasteiger partial charge in [-0.3, -0.25) is 14.9 Å². The standard InChI is InChI=1S/C9H5F5N2O4/c10-8(11,9(12,13)14)7(18)15-6-4(16(19)20)2-1-3-5(6)17/h1-3,17H,(H,15,18). The van der Waals surface area contributed by atoms with Gasteiger partial charge in [0.15, 0.2) is 5.69 Å². The van der Waals surface area contributed by atoms with E-state index >= 15 is 0 Å². The summed E-state index contributed by atoms with van der Waals surface area (Å²) in [6.07, 6.45) is -6.17. The van der Waals surface area contributed by atoms with Gasteiger partial charge in [0.05, 0.1) is 4.92 Å². The van der Waals surface area contributed by atoms with Crippen molar-refractivity contribution in [2.45, 2.75) is 12.1 Å². The molecule has 20 heavy (non-hydrogen) atoms. The number of anilines is 1. The number of phenols is 1. The van der Waals surface area contributed by atoms with Crippen LogP contribution < -0.4 is 5.32 Å². The van der Waals surface area contributed by atoms with E-state index in [0.29, 0.717) is 6.07 Å². The maximum Gasteiger partial charge on any atom is 0.463 e. The normalized spacial score (nSPS) is 12.1. The number of halogens is 5. The number of hydrogen-bond acceptors (Lipinski definition) is 4. The number of nitro benzene ring substituents is 1. The molecule has 110 valence electrons. The minimum Gasteiger partial charge on any atom is -0.505 e. The zero-order valence-electron chi connectivity index (χ0n) is 9.24. The summed E-state index contributed by atoms with van der Waals surface area (Å²) in [4.78, 5) is 20.3. The Kier molecular flexibility index (Phi) is 3.82. The molecule has 0 unspecified atom stereocenters. The van der Waals surface area contributed by atoms with Gasteiger partial charge < -0.3 is 10.4 Å². The molecule has 0 saturated carbocycles. The molecular weight excluding hydrogens is 295 g/mol. The second-order valence-corrected chi connectivity index (χ2v) is 3.45. The fourth-order valence-electron chi connectivity index (χ4n) is 1.13. The van der Waals surface area contributed by atoms with Crippen LogP contribution >= 0.6 is 0 Å². The third-order valence-electron chi connectivity index (χ3n) is 2.10. The summed E-state index contributed by atoms with van der Waals surface area (Å²) in [7, 11) is 0. The highest BCUT2D eigenvalue weighted by Gasteiger charge is 2.63. The lowest BCUT2D eigenvalue weighted by Crippen LogP contribution is -2.47. The lowest BCUT2D eigenvalue weighted by Gasteiger charge is -2.18. The Bertz CT molecular complexity index is 558. The molecule has 0 atom stereocenters. The van der Waals surface area contributed by atoms with E-state index in [0.717, 1.165) is 17.4 Å². The Morgan fingerprint density at radius 2 is 1.80 bits per heavy atom. The number of para-hydroxylation sites is 1. The molecule has 0 fully saturated rings. The van der Waals surface area contributed by atoms with Gasteiger partial charge in [0.1, 0.15) is 5.75 Å². The summed E-state index contributed by atoms with van der Waals surface area (Å²) in [5.74, 6) is -9.62. The number of carbonyl (C=O) groups excluding carboxylic acids is 1. The van der Waals surface area contributed by atoms with E-state index in [1.165, 1.54) is 0 Å². The lowest BCUT2D eigenvalue weighted by molar-refractivity contribution is -0.384. The third-order valence-corrected chi connectivity index (χ3v) is 2.10. The fraction of sp³-hybridized carbons (Fsp3) is 0.222. The number of rotatable bonds is 3. The van der Waals surface area contributed by atoms with Crippen LogP contribution in [-0.2, 0) is 4.79 Å². The summed E-state index contributed by atoms with van der Waals surface area (Å²) >= 11 is 0. The van der Waals surface area contributed by atoms with E-state index in [1.54, 1.807) is 0 Å². The first-order chi connectivity index (χ1) is 8.98. The van der Waals surface area contributed by atoms with E-state index in [2.05, 4.69) is 0 Å². The van der Waals surface area contributed by atoms with E-state index in [-0.39, 0.29) is 0 Å². The number of amides is 1. The minimum absolute atomic E-state index is 0.709. The van der Waals surface area contributed by atoms with Gasteiger partial charge in [-0.25, -0.2) is 0 Å². The van der Waals surface area contributed by atoms with Crippen molar-refractivity contribution in [3.8, 4) is 5.75 Å². The SMILES string of the molecule is O=C(Nc1c(O)cccc1[N+](=O)[O-])C(F)(F)C(F)(F)F. The summed E-state index contributed by atoms with van der Waals surface area (Å²) in [6, 6.07) is 2.43. The van der Waals surface area contributed by atoms with Crippen molar-refractivity contribution in [2.24, 2.45) is 0 Å². The maximum atomic E-state index is 12.7. The third kappa shape index (κ3) is 2.75. The Morgan fingerprint density at radius 3 is 2.25 bits per heavy atom.